The van der Waals surface area contributed by atoms with Crippen molar-refractivity contribution in [1.82, 2.24) is 10.3 Å². The molecular weight excluding hydrogens is 286 g/mol. The van der Waals surface area contributed by atoms with Gasteiger partial charge in [-0.2, -0.15) is 0 Å². The molecule has 0 fully saturated rings. The average molecular weight is 311 g/mol. The lowest BCUT2D eigenvalue weighted by Gasteiger charge is -2.12. The molecule has 1 aromatic rings. The Bertz CT molecular complexity index is 504. The number of nitrogens with one attached hydrogen (secondary N) is 2. The van der Waals surface area contributed by atoms with Gasteiger partial charge in [0, 0.05) is 47.2 Å². The smallest absolute Gasteiger partial charge is 0.251 e. The molecule has 1 unspecified atom stereocenters. The van der Waals surface area contributed by atoms with Crippen molar-refractivity contribution in [1.29, 1.82) is 0 Å². The Morgan fingerprint density at radius 2 is 2.10 bits per heavy atom. The second-order valence-corrected chi connectivity index (χ2v) is 6.79. The van der Waals surface area contributed by atoms with Gasteiger partial charge in [0.15, 0.2) is 0 Å². The summed E-state index contributed by atoms with van der Waals surface area (Å²) in [7, 11) is -0.812. The minimum atomic E-state index is -0.812. The molecule has 0 aliphatic rings. The summed E-state index contributed by atoms with van der Waals surface area (Å²) < 4.78 is 11.0. The van der Waals surface area contributed by atoms with Gasteiger partial charge in [0.25, 0.3) is 5.91 Å². The molecule has 1 aromatic heterocycles. The Balaban J connectivity index is 2.75. The van der Waals surface area contributed by atoms with Crippen LogP contribution in [0.2, 0.25) is 0 Å². The zero-order valence-electron chi connectivity index (χ0n) is 13.2. The van der Waals surface area contributed by atoms with Crippen LogP contribution in [0.3, 0.4) is 0 Å². The van der Waals surface area contributed by atoms with E-state index in [1.54, 1.807) is 12.3 Å². The van der Waals surface area contributed by atoms with E-state index in [0.29, 0.717) is 17.9 Å². The predicted octanol–water partition coefficient (Wildman–Crippen LogP) is 2.14. The van der Waals surface area contributed by atoms with Crippen molar-refractivity contribution < 1.29 is 9.00 Å². The summed E-state index contributed by atoms with van der Waals surface area (Å²) >= 11 is 0. The van der Waals surface area contributed by atoms with Crippen LogP contribution in [0.1, 0.15) is 49.2 Å². The second-order valence-electron chi connectivity index (χ2n) is 5.24. The molecule has 118 valence electrons. The highest BCUT2D eigenvalue weighted by atomic mass is 32.2. The van der Waals surface area contributed by atoms with Crippen molar-refractivity contribution in [3.8, 4) is 0 Å². The van der Waals surface area contributed by atoms with Gasteiger partial charge < -0.3 is 10.6 Å². The Morgan fingerprint density at radius 1 is 1.38 bits per heavy atom. The standard InChI is InChI=1S/C15H25N3O2S/c1-5-16-14-10-12(9-13(18-14)11(2)3)15(19)17-7-6-8-21(4)20/h9-11H,5-8H2,1-4H3,(H,16,18)(H,17,19). The topological polar surface area (TPSA) is 71.1 Å². The molecule has 0 spiro atoms. The van der Waals surface area contributed by atoms with Crippen molar-refractivity contribution in [3.63, 3.8) is 0 Å². The van der Waals surface area contributed by atoms with Crippen molar-refractivity contribution in [2.24, 2.45) is 0 Å². The highest BCUT2D eigenvalue weighted by molar-refractivity contribution is 7.84. The normalized spacial score (nSPS) is 12.2. The van der Waals surface area contributed by atoms with Crippen LogP contribution >= 0.6 is 0 Å². The van der Waals surface area contributed by atoms with E-state index in [1.165, 1.54) is 0 Å². The molecule has 0 bridgehead atoms. The van der Waals surface area contributed by atoms with E-state index in [-0.39, 0.29) is 11.8 Å². The average Bonchev–Trinajstić information content (AvgIpc) is 2.43. The molecule has 1 heterocycles. The Morgan fingerprint density at radius 3 is 2.67 bits per heavy atom. The number of nitrogens with zero attached hydrogens (tertiary/aromatic N) is 1. The third-order valence-corrected chi connectivity index (χ3v) is 3.81. The molecule has 5 nitrogen and oxygen atoms in total. The quantitative estimate of drug-likeness (QED) is 0.722. The maximum Gasteiger partial charge on any atom is 0.251 e. The van der Waals surface area contributed by atoms with Gasteiger partial charge in [0.2, 0.25) is 0 Å². The molecule has 0 aromatic carbocycles. The van der Waals surface area contributed by atoms with Crippen molar-refractivity contribution >= 4 is 22.5 Å². The monoisotopic (exact) mass is 311 g/mol. The minimum absolute atomic E-state index is 0.111. The van der Waals surface area contributed by atoms with Gasteiger partial charge in [-0.3, -0.25) is 9.00 Å². The number of hydrogen-bond donors (Lipinski definition) is 2. The second kappa shape index (κ2) is 8.77. The van der Waals surface area contributed by atoms with Gasteiger partial charge >= 0.3 is 0 Å². The van der Waals surface area contributed by atoms with E-state index in [4.69, 9.17) is 0 Å². The fourth-order valence-electron chi connectivity index (χ4n) is 1.83. The molecule has 0 aliphatic carbocycles. The van der Waals surface area contributed by atoms with Crippen LogP contribution in [0.25, 0.3) is 0 Å². The first-order valence-electron chi connectivity index (χ1n) is 7.28. The van der Waals surface area contributed by atoms with Crippen LogP contribution in [-0.4, -0.2) is 40.2 Å². The van der Waals surface area contributed by atoms with Gasteiger partial charge in [-0.05, 0) is 31.4 Å². The van der Waals surface area contributed by atoms with E-state index >= 15 is 0 Å². The lowest BCUT2D eigenvalue weighted by Crippen LogP contribution is -2.26. The van der Waals surface area contributed by atoms with Crippen LogP contribution in [0, 0.1) is 0 Å². The highest BCUT2D eigenvalue weighted by Crippen LogP contribution is 2.17. The van der Waals surface area contributed by atoms with Gasteiger partial charge in [-0.25, -0.2) is 4.98 Å². The third-order valence-electron chi connectivity index (χ3n) is 2.95. The summed E-state index contributed by atoms with van der Waals surface area (Å²) in [5, 5.41) is 6.01. The molecule has 1 atom stereocenters. The first kappa shape index (κ1) is 17.6. The lowest BCUT2D eigenvalue weighted by atomic mass is 10.1. The van der Waals surface area contributed by atoms with Crippen molar-refractivity contribution in [3.05, 3.63) is 23.4 Å². The summed E-state index contributed by atoms with van der Waals surface area (Å²) in [5.41, 5.74) is 1.51. The largest absolute Gasteiger partial charge is 0.370 e. The van der Waals surface area contributed by atoms with Gasteiger partial charge in [-0.15, -0.1) is 0 Å². The molecule has 1 amide bonds. The summed E-state index contributed by atoms with van der Waals surface area (Å²) in [6.45, 7) is 7.40. The molecule has 1 rings (SSSR count). The summed E-state index contributed by atoms with van der Waals surface area (Å²) in [5.74, 6) is 1.48. The predicted molar refractivity (Wildman–Crippen MR) is 88.4 cm³/mol. The molecule has 0 saturated carbocycles. The Labute approximate surface area is 129 Å². The zero-order chi connectivity index (χ0) is 15.8. The minimum Gasteiger partial charge on any atom is -0.370 e. The Kier molecular flexibility index (Phi) is 7.36. The Hall–Kier alpha value is -1.43. The summed E-state index contributed by atoms with van der Waals surface area (Å²) in [6, 6.07) is 3.60. The molecule has 0 saturated heterocycles. The third kappa shape index (κ3) is 6.25. The van der Waals surface area contributed by atoms with Crippen LogP contribution in [0.5, 0.6) is 0 Å². The van der Waals surface area contributed by atoms with Crippen LogP contribution in [0.4, 0.5) is 5.82 Å². The number of rotatable bonds is 8. The first-order chi connectivity index (χ1) is 9.93. The molecule has 0 aliphatic heterocycles. The van der Waals surface area contributed by atoms with Crippen LogP contribution in [0.15, 0.2) is 12.1 Å². The maximum absolute atomic E-state index is 12.2. The number of amides is 1. The van der Waals surface area contributed by atoms with Gasteiger partial charge in [0.05, 0.1) is 0 Å². The number of hydrogen-bond acceptors (Lipinski definition) is 4. The fraction of sp³-hybridized carbons (Fsp3) is 0.600. The summed E-state index contributed by atoms with van der Waals surface area (Å²) in [4.78, 5) is 16.7. The molecular formula is C15H25N3O2S. The summed E-state index contributed by atoms with van der Waals surface area (Å²) in [6.07, 6.45) is 2.39. The SMILES string of the molecule is CCNc1cc(C(=O)NCCCS(C)=O)cc(C(C)C)n1. The number of aromatic nitrogens is 1. The maximum atomic E-state index is 12.2. The number of carbonyl (C=O) groups excluding carboxylic acids is 1. The number of pyridine rings is 1. The van der Waals surface area contributed by atoms with E-state index in [0.717, 1.165) is 24.5 Å². The van der Waals surface area contributed by atoms with E-state index in [1.807, 2.05) is 13.0 Å². The fourth-order valence-corrected chi connectivity index (χ4v) is 2.38. The van der Waals surface area contributed by atoms with E-state index in [2.05, 4.69) is 29.5 Å². The van der Waals surface area contributed by atoms with Crippen molar-refractivity contribution in [2.75, 3.05) is 30.4 Å². The highest BCUT2D eigenvalue weighted by Gasteiger charge is 2.11. The van der Waals surface area contributed by atoms with Gasteiger partial charge in [0.1, 0.15) is 5.82 Å². The van der Waals surface area contributed by atoms with Crippen LogP contribution < -0.4 is 10.6 Å². The molecule has 2 N–H and O–H groups in total. The molecule has 21 heavy (non-hydrogen) atoms. The molecule has 6 heteroatoms. The lowest BCUT2D eigenvalue weighted by molar-refractivity contribution is 0.0953. The van der Waals surface area contributed by atoms with Gasteiger partial charge in [-0.1, -0.05) is 13.8 Å². The number of anilines is 1. The zero-order valence-corrected chi connectivity index (χ0v) is 14.0. The van der Waals surface area contributed by atoms with E-state index in [9.17, 15) is 9.00 Å². The van der Waals surface area contributed by atoms with Crippen molar-refractivity contribution in [2.45, 2.75) is 33.1 Å². The molecule has 0 radical (unpaired) electrons. The van der Waals surface area contributed by atoms with Crippen LogP contribution in [-0.2, 0) is 10.8 Å². The number of carbonyl (C=O) groups is 1. The van der Waals surface area contributed by atoms with E-state index < -0.39 is 10.8 Å². The first-order valence-corrected chi connectivity index (χ1v) is 9.00.